The Morgan fingerprint density at radius 3 is 2.45 bits per heavy atom. The lowest BCUT2D eigenvalue weighted by Gasteiger charge is -2.12. The molecule has 6 heteroatoms. The molecule has 128 valence electrons. The number of hydrogen-bond acceptors (Lipinski definition) is 3. The van der Waals surface area contributed by atoms with Gasteiger partial charge in [-0.1, -0.05) is 27.7 Å². The summed E-state index contributed by atoms with van der Waals surface area (Å²) in [5, 5.41) is 10.1. The average molecular weight is 438 g/mol. The molecule has 1 rings (SSSR count). The van der Waals surface area contributed by atoms with Gasteiger partial charge in [0.05, 0.1) is 10.7 Å². The monoisotopic (exact) mass is 438 g/mol. The van der Waals surface area contributed by atoms with Gasteiger partial charge in [-0.2, -0.15) is 0 Å². The molecule has 22 heavy (non-hydrogen) atoms. The van der Waals surface area contributed by atoms with Crippen molar-refractivity contribution < 1.29 is 0 Å². The number of thiazole rings is 1. The minimum absolute atomic E-state index is 0. The van der Waals surface area contributed by atoms with Gasteiger partial charge in [-0.05, 0) is 18.8 Å². The molecule has 1 aromatic heterocycles. The first-order valence-electron chi connectivity index (χ1n) is 7.91. The van der Waals surface area contributed by atoms with Crippen LogP contribution in [-0.2, 0) is 6.42 Å². The van der Waals surface area contributed by atoms with Crippen molar-refractivity contribution in [1.82, 2.24) is 15.6 Å². The predicted molar refractivity (Wildman–Crippen MR) is 109 cm³/mol. The van der Waals surface area contributed by atoms with Gasteiger partial charge in [-0.15, -0.1) is 35.3 Å². The number of rotatable bonds is 8. The maximum absolute atomic E-state index is 4.65. The topological polar surface area (TPSA) is 49.3 Å². The summed E-state index contributed by atoms with van der Waals surface area (Å²) >= 11 is 1.76. The summed E-state index contributed by atoms with van der Waals surface area (Å²) in [5.41, 5.74) is 1.17. The lowest BCUT2D eigenvalue weighted by atomic mass is 10.1. The average Bonchev–Trinajstić information content (AvgIpc) is 2.90. The second kappa shape index (κ2) is 12.1. The first-order valence-corrected chi connectivity index (χ1v) is 8.79. The van der Waals surface area contributed by atoms with Crippen LogP contribution in [0.25, 0.3) is 0 Å². The molecule has 1 aromatic rings. The third-order valence-electron chi connectivity index (χ3n) is 3.21. The number of aliphatic imine (C=N–C) groups is 1. The highest BCUT2D eigenvalue weighted by Crippen LogP contribution is 2.19. The van der Waals surface area contributed by atoms with Gasteiger partial charge in [0.25, 0.3) is 0 Å². The maximum Gasteiger partial charge on any atom is 0.190 e. The largest absolute Gasteiger partial charge is 0.356 e. The minimum Gasteiger partial charge on any atom is -0.356 e. The smallest absolute Gasteiger partial charge is 0.190 e. The molecule has 0 amide bonds. The van der Waals surface area contributed by atoms with Crippen molar-refractivity contribution in [3.05, 3.63) is 16.1 Å². The van der Waals surface area contributed by atoms with E-state index in [1.165, 1.54) is 23.5 Å². The second-order valence-corrected chi connectivity index (χ2v) is 6.93. The molecule has 0 fully saturated rings. The van der Waals surface area contributed by atoms with E-state index in [-0.39, 0.29) is 24.0 Å². The number of guanidine groups is 1. The van der Waals surface area contributed by atoms with Crippen molar-refractivity contribution in [1.29, 1.82) is 0 Å². The maximum atomic E-state index is 4.65. The van der Waals surface area contributed by atoms with Crippen molar-refractivity contribution in [2.45, 2.75) is 52.9 Å². The molecule has 0 aliphatic rings. The van der Waals surface area contributed by atoms with Crippen molar-refractivity contribution in [3.8, 4) is 0 Å². The van der Waals surface area contributed by atoms with Crippen LogP contribution in [0.1, 0.15) is 57.2 Å². The zero-order chi connectivity index (χ0) is 15.7. The third kappa shape index (κ3) is 8.92. The van der Waals surface area contributed by atoms with Crippen molar-refractivity contribution in [2.75, 3.05) is 20.1 Å². The van der Waals surface area contributed by atoms with E-state index in [9.17, 15) is 0 Å². The first kappa shape index (κ1) is 21.6. The van der Waals surface area contributed by atoms with E-state index in [2.05, 4.69) is 53.7 Å². The van der Waals surface area contributed by atoms with Gasteiger partial charge in [0.1, 0.15) is 0 Å². The second-order valence-electron chi connectivity index (χ2n) is 6.04. The van der Waals surface area contributed by atoms with E-state index in [1.54, 1.807) is 11.3 Å². The van der Waals surface area contributed by atoms with Crippen LogP contribution in [0.5, 0.6) is 0 Å². The summed E-state index contributed by atoms with van der Waals surface area (Å²) in [6.45, 7) is 10.7. The quantitative estimate of drug-likeness (QED) is 0.279. The molecule has 0 aliphatic carbocycles. The molecular weight excluding hydrogens is 407 g/mol. The SMILES string of the molecule is CN=C(NCCCC(C)C)NCCc1csc(C(C)C)n1.I. The van der Waals surface area contributed by atoms with Crippen molar-refractivity contribution in [3.63, 3.8) is 0 Å². The Kier molecular flexibility index (Phi) is 11.9. The Morgan fingerprint density at radius 1 is 1.23 bits per heavy atom. The van der Waals surface area contributed by atoms with Gasteiger partial charge in [0, 0.05) is 37.9 Å². The predicted octanol–water partition coefficient (Wildman–Crippen LogP) is 4.03. The molecule has 1 heterocycles. The Bertz CT molecular complexity index is 430. The molecule has 0 atom stereocenters. The molecule has 0 saturated heterocycles. The van der Waals surface area contributed by atoms with Crippen molar-refractivity contribution >= 4 is 41.3 Å². The molecule has 0 unspecified atom stereocenters. The molecule has 0 aliphatic heterocycles. The fourth-order valence-corrected chi connectivity index (χ4v) is 2.82. The summed E-state index contributed by atoms with van der Waals surface area (Å²) in [6.07, 6.45) is 3.37. The van der Waals surface area contributed by atoms with Crippen LogP contribution in [0.15, 0.2) is 10.4 Å². The number of nitrogens with zero attached hydrogens (tertiary/aromatic N) is 2. The van der Waals surface area contributed by atoms with Crippen LogP contribution >= 0.6 is 35.3 Å². The zero-order valence-corrected chi connectivity index (χ0v) is 17.6. The third-order valence-corrected chi connectivity index (χ3v) is 4.41. The minimum atomic E-state index is 0. The first-order chi connectivity index (χ1) is 10.0. The summed E-state index contributed by atoms with van der Waals surface area (Å²) in [6, 6.07) is 0. The van der Waals surface area contributed by atoms with Crippen LogP contribution in [-0.4, -0.2) is 31.1 Å². The Hall–Kier alpha value is -0.370. The highest BCUT2D eigenvalue weighted by molar-refractivity contribution is 14.0. The Balaban J connectivity index is 0.00000441. The van der Waals surface area contributed by atoms with Gasteiger partial charge in [-0.25, -0.2) is 4.98 Å². The van der Waals surface area contributed by atoms with E-state index in [1.807, 2.05) is 7.05 Å². The fourth-order valence-electron chi connectivity index (χ4n) is 1.95. The highest BCUT2D eigenvalue weighted by atomic mass is 127. The van der Waals surface area contributed by atoms with Gasteiger partial charge < -0.3 is 10.6 Å². The van der Waals surface area contributed by atoms with E-state index in [0.29, 0.717) is 5.92 Å². The van der Waals surface area contributed by atoms with E-state index < -0.39 is 0 Å². The van der Waals surface area contributed by atoms with Gasteiger partial charge >= 0.3 is 0 Å². The Labute approximate surface area is 156 Å². The molecule has 0 aromatic carbocycles. The normalized spacial score (nSPS) is 11.7. The molecule has 0 saturated carbocycles. The van der Waals surface area contributed by atoms with E-state index in [0.717, 1.165) is 31.4 Å². The molecular formula is C16H31IN4S. The lowest BCUT2D eigenvalue weighted by molar-refractivity contribution is 0.549. The number of halogens is 1. The lowest BCUT2D eigenvalue weighted by Crippen LogP contribution is -2.38. The van der Waals surface area contributed by atoms with E-state index >= 15 is 0 Å². The standard InChI is InChI=1S/C16H30N4S.HI/c1-12(2)7-6-9-18-16(17-5)19-10-8-14-11-21-15(20-14)13(3)4;/h11-13H,6-10H2,1-5H3,(H2,17,18,19);1H. The number of nitrogens with one attached hydrogen (secondary N) is 2. The Morgan fingerprint density at radius 2 is 1.91 bits per heavy atom. The fraction of sp³-hybridized carbons (Fsp3) is 0.750. The van der Waals surface area contributed by atoms with Crippen LogP contribution in [0.4, 0.5) is 0 Å². The van der Waals surface area contributed by atoms with Crippen LogP contribution in [0, 0.1) is 5.92 Å². The molecule has 0 radical (unpaired) electrons. The van der Waals surface area contributed by atoms with Crippen LogP contribution in [0.3, 0.4) is 0 Å². The zero-order valence-electron chi connectivity index (χ0n) is 14.5. The van der Waals surface area contributed by atoms with Crippen LogP contribution < -0.4 is 10.6 Å². The summed E-state index contributed by atoms with van der Waals surface area (Å²) in [4.78, 5) is 8.89. The summed E-state index contributed by atoms with van der Waals surface area (Å²) in [5.74, 6) is 2.17. The highest BCUT2D eigenvalue weighted by Gasteiger charge is 2.05. The van der Waals surface area contributed by atoms with Gasteiger partial charge in [-0.3, -0.25) is 4.99 Å². The molecule has 4 nitrogen and oxygen atoms in total. The molecule has 2 N–H and O–H groups in total. The van der Waals surface area contributed by atoms with Crippen LogP contribution in [0.2, 0.25) is 0 Å². The number of aromatic nitrogens is 1. The van der Waals surface area contributed by atoms with E-state index in [4.69, 9.17) is 0 Å². The number of hydrogen-bond donors (Lipinski definition) is 2. The molecule has 0 spiro atoms. The molecule has 0 bridgehead atoms. The van der Waals surface area contributed by atoms with Gasteiger partial charge in [0.15, 0.2) is 5.96 Å². The van der Waals surface area contributed by atoms with Crippen molar-refractivity contribution in [2.24, 2.45) is 10.9 Å². The summed E-state index contributed by atoms with van der Waals surface area (Å²) in [7, 11) is 1.82. The van der Waals surface area contributed by atoms with Gasteiger partial charge in [0.2, 0.25) is 0 Å². The summed E-state index contributed by atoms with van der Waals surface area (Å²) < 4.78 is 0.